The number of carbonyl (C=O) groups is 1. The number of aromatic nitrogens is 2. The molecule has 19 heavy (non-hydrogen) atoms. The van der Waals surface area contributed by atoms with E-state index in [1.807, 2.05) is 30.8 Å². The van der Waals surface area contributed by atoms with Gasteiger partial charge >= 0.3 is 4.87 Å². The van der Waals surface area contributed by atoms with Crippen LogP contribution in [0.5, 0.6) is 0 Å². The van der Waals surface area contributed by atoms with E-state index in [0.717, 1.165) is 11.3 Å². The summed E-state index contributed by atoms with van der Waals surface area (Å²) in [6.07, 6.45) is 4.80. The number of aryl methyl sites for hydroxylation is 1. The van der Waals surface area contributed by atoms with Gasteiger partial charge in [0.05, 0.1) is 0 Å². The lowest BCUT2D eigenvalue weighted by atomic mass is 10.2. The van der Waals surface area contributed by atoms with Crippen molar-refractivity contribution in [2.45, 2.75) is 32.9 Å². The summed E-state index contributed by atoms with van der Waals surface area (Å²) in [6, 6.07) is 1.93. The number of nitrogens with zero attached hydrogens (tertiary/aromatic N) is 1. The van der Waals surface area contributed by atoms with Crippen molar-refractivity contribution in [2.75, 3.05) is 0 Å². The highest BCUT2D eigenvalue weighted by molar-refractivity contribution is 7.07. The summed E-state index contributed by atoms with van der Waals surface area (Å²) in [7, 11) is 0. The zero-order valence-corrected chi connectivity index (χ0v) is 11.6. The number of nitrogens with one attached hydrogen (secondary N) is 2. The van der Waals surface area contributed by atoms with Crippen LogP contribution in [0.4, 0.5) is 0 Å². The van der Waals surface area contributed by atoms with Gasteiger partial charge < -0.3 is 14.9 Å². The third-order valence-electron chi connectivity index (χ3n) is 2.91. The summed E-state index contributed by atoms with van der Waals surface area (Å²) >= 11 is 1.20. The number of carbonyl (C=O) groups excluding carboxylic acids is 1. The maximum absolute atomic E-state index is 11.6. The Morgan fingerprint density at radius 1 is 1.53 bits per heavy atom. The van der Waals surface area contributed by atoms with Crippen molar-refractivity contribution in [3.8, 4) is 0 Å². The first-order chi connectivity index (χ1) is 9.16. The van der Waals surface area contributed by atoms with Crippen LogP contribution in [0.25, 0.3) is 0 Å². The SMILES string of the molecule is Cc1csc(=O)n1CCCC(=O)NCc1cc[nH]c1. The van der Waals surface area contributed by atoms with Crippen molar-refractivity contribution >= 4 is 17.2 Å². The largest absolute Gasteiger partial charge is 0.367 e. The van der Waals surface area contributed by atoms with Crippen LogP contribution < -0.4 is 10.2 Å². The Morgan fingerprint density at radius 3 is 3.00 bits per heavy atom. The van der Waals surface area contributed by atoms with Crippen molar-refractivity contribution in [1.29, 1.82) is 0 Å². The van der Waals surface area contributed by atoms with Crippen LogP contribution in [-0.4, -0.2) is 15.5 Å². The molecule has 0 fully saturated rings. The van der Waals surface area contributed by atoms with E-state index >= 15 is 0 Å². The second-order valence-electron chi connectivity index (χ2n) is 4.39. The first-order valence-corrected chi connectivity index (χ1v) is 7.08. The molecule has 0 saturated carbocycles. The molecule has 0 unspecified atom stereocenters. The zero-order chi connectivity index (χ0) is 13.7. The first kappa shape index (κ1) is 13.6. The van der Waals surface area contributed by atoms with Crippen LogP contribution in [0.2, 0.25) is 0 Å². The Balaban J connectivity index is 1.71. The zero-order valence-electron chi connectivity index (χ0n) is 10.8. The molecule has 0 aliphatic heterocycles. The number of thiazole rings is 1. The molecule has 1 amide bonds. The van der Waals surface area contributed by atoms with E-state index in [-0.39, 0.29) is 10.8 Å². The van der Waals surface area contributed by atoms with E-state index in [9.17, 15) is 9.59 Å². The van der Waals surface area contributed by atoms with Gasteiger partial charge in [0.1, 0.15) is 0 Å². The van der Waals surface area contributed by atoms with Gasteiger partial charge in [0.2, 0.25) is 5.91 Å². The van der Waals surface area contributed by atoms with E-state index in [4.69, 9.17) is 0 Å². The molecule has 0 radical (unpaired) electrons. The Morgan fingerprint density at radius 2 is 2.37 bits per heavy atom. The molecule has 0 saturated heterocycles. The third kappa shape index (κ3) is 3.82. The Hall–Kier alpha value is -1.82. The van der Waals surface area contributed by atoms with Gasteiger partial charge in [-0.05, 0) is 25.0 Å². The predicted molar refractivity (Wildman–Crippen MR) is 75.2 cm³/mol. The molecule has 0 bridgehead atoms. The molecule has 2 N–H and O–H groups in total. The summed E-state index contributed by atoms with van der Waals surface area (Å²) < 4.78 is 1.71. The monoisotopic (exact) mass is 279 g/mol. The summed E-state index contributed by atoms with van der Waals surface area (Å²) in [5.74, 6) is 0.0159. The van der Waals surface area contributed by atoms with Gasteiger partial charge in [-0.3, -0.25) is 9.59 Å². The molecule has 0 spiro atoms. The Kier molecular flexibility index (Phi) is 4.57. The molecule has 0 aliphatic carbocycles. The van der Waals surface area contributed by atoms with Crippen molar-refractivity contribution in [3.05, 3.63) is 44.8 Å². The second-order valence-corrected chi connectivity index (χ2v) is 5.21. The number of rotatable bonds is 6. The summed E-state index contributed by atoms with van der Waals surface area (Å²) in [5.41, 5.74) is 2.01. The van der Waals surface area contributed by atoms with Gasteiger partial charge in [0.25, 0.3) is 0 Å². The first-order valence-electron chi connectivity index (χ1n) is 6.20. The Bertz CT molecular complexity index is 583. The van der Waals surface area contributed by atoms with Crippen LogP contribution in [0, 0.1) is 6.92 Å². The van der Waals surface area contributed by atoms with Gasteiger partial charge in [-0.15, -0.1) is 0 Å². The lowest BCUT2D eigenvalue weighted by Crippen LogP contribution is -2.23. The highest BCUT2D eigenvalue weighted by Crippen LogP contribution is 2.02. The summed E-state index contributed by atoms with van der Waals surface area (Å²) in [6.45, 7) is 3.05. The van der Waals surface area contributed by atoms with Crippen molar-refractivity contribution < 1.29 is 4.79 Å². The molecular weight excluding hydrogens is 262 g/mol. The quantitative estimate of drug-likeness (QED) is 0.844. The van der Waals surface area contributed by atoms with E-state index in [1.165, 1.54) is 11.3 Å². The third-order valence-corrected chi connectivity index (χ3v) is 3.80. The minimum absolute atomic E-state index is 0.0159. The van der Waals surface area contributed by atoms with Crippen LogP contribution >= 0.6 is 11.3 Å². The van der Waals surface area contributed by atoms with Gasteiger partial charge in [-0.2, -0.15) is 0 Å². The molecule has 0 aliphatic rings. The lowest BCUT2D eigenvalue weighted by molar-refractivity contribution is -0.121. The molecule has 2 aromatic rings. The van der Waals surface area contributed by atoms with Crippen molar-refractivity contribution in [3.63, 3.8) is 0 Å². The lowest BCUT2D eigenvalue weighted by Gasteiger charge is -2.05. The molecule has 5 nitrogen and oxygen atoms in total. The summed E-state index contributed by atoms with van der Waals surface area (Å²) in [5, 5.41) is 4.69. The van der Waals surface area contributed by atoms with Crippen LogP contribution in [-0.2, 0) is 17.9 Å². The molecule has 6 heteroatoms. The fourth-order valence-electron chi connectivity index (χ4n) is 1.83. The maximum Gasteiger partial charge on any atom is 0.307 e. The van der Waals surface area contributed by atoms with Gasteiger partial charge in [-0.25, -0.2) is 0 Å². The topological polar surface area (TPSA) is 66.9 Å². The molecule has 2 heterocycles. The molecule has 0 aromatic carbocycles. The minimum Gasteiger partial charge on any atom is -0.367 e. The smallest absolute Gasteiger partial charge is 0.307 e. The van der Waals surface area contributed by atoms with Crippen LogP contribution in [0.15, 0.2) is 28.6 Å². The molecule has 2 aromatic heterocycles. The fraction of sp³-hybridized carbons (Fsp3) is 0.385. The number of aromatic amines is 1. The van der Waals surface area contributed by atoms with E-state index in [2.05, 4.69) is 10.3 Å². The normalized spacial score (nSPS) is 10.6. The molecule has 0 atom stereocenters. The van der Waals surface area contributed by atoms with Gasteiger partial charge in [0, 0.05) is 43.0 Å². The van der Waals surface area contributed by atoms with E-state index in [0.29, 0.717) is 25.9 Å². The Labute approximate surface area is 115 Å². The van der Waals surface area contributed by atoms with Crippen LogP contribution in [0.1, 0.15) is 24.1 Å². The number of amides is 1. The standard InChI is InChI=1S/C13H17N3O2S/c1-10-9-19-13(18)16(10)6-2-3-12(17)15-8-11-4-5-14-7-11/h4-5,7,9,14H,2-3,6,8H2,1H3,(H,15,17). The minimum atomic E-state index is 0.0159. The highest BCUT2D eigenvalue weighted by Gasteiger charge is 2.05. The van der Waals surface area contributed by atoms with Crippen molar-refractivity contribution in [1.82, 2.24) is 14.9 Å². The van der Waals surface area contributed by atoms with Gasteiger partial charge in [-0.1, -0.05) is 11.3 Å². The van der Waals surface area contributed by atoms with E-state index in [1.54, 1.807) is 4.57 Å². The fourth-order valence-corrected chi connectivity index (χ4v) is 2.59. The molecular formula is C13H17N3O2S. The van der Waals surface area contributed by atoms with Gasteiger partial charge in [0.15, 0.2) is 0 Å². The summed E-state index contributed by atoms with van der Waals surface area (Å²) in [4.78, 5) is 26.1. The maximum atomic E-state index is 11.6. The predicted octanol–water partition coefficient (Wildman–Crippen LogP) is 1.64. The average molecular weight is 279 g/mol. The number of hydrogen-bond acceptors (Lipinski definition) is 3. The molecule has 102 valence electrons. The van der Waals surface area contributed by atoms with E-state index < -0.39 is 0 Å². The second kappa shape index (κ2) is 6.38. The number of hydrogen-bond donors (Lipinski definition) is 2. The number of H-pyrrole nitrogens is 1. The average Bonchev–Trinajstić information content (AvgIpc) is 3.00. The van der Waals surface area contributed by atoms with Crippen molar-refractivity contribution in [2.24, 2.45) is 0 Å². The highest BCUT2D eigenvalue weighted by atomic mass is 32.1. The van der Waals surface area contributed by atoms with Crippen LogP contribution in [0.3, 0.4) is 0 Å². The molecule has 2 rings (SSSR count).